The second-order valence-corrected chi connectivity index (χ2v) is 10.1. The molecule has 2 heterocycles. The van der Waals surface area contributed by atoms with Crippen molar-refractivity contribution in [1.29, 1.82) is 0 Å². The Labute approximate surface area is 206 Å². The van der Waals surface area contributed by atoms with E-state index >= 15 is 0 Å². The Balaban J connectivity index is 1.71. The van der Waals surface area contributed by atoms with Gasteiger partial charge in [0.15, 0.2) is 4.90 Å². The summed E-state index contributed by atoms with van der Waals surface area (Å²) in [7, 11) is 0. The van der Waals surface area contributed by atoms with Crippen LogP contribution in [0.25, 0.3) is 11.3 Å². The summed E-state index contributed by atoms with van der Waals surface area (Å²) in [6.07, 6.45) is -3.08. The monoisotopic (exact) mass is 503 g/mol. The van der Waals surface area contributed by atoms with Crippen LogP contribution in [0.2, 0.25) is 0 Å². The highest BCUT2D eigenvalue weighted by Crippen LogP contribution is 2.31. The van der Waals surface area contributed by atoms with Crippen molar-refractivity contribution in [3.63, 3.8) is 0 Å². The molecule has 0 saturated heterocycles. The van der Waals surface area contributed by atoms with Crippen molar-refractivity contribution >= 4 is 17.3 Å². The number of nitrogens with zero attached hydrogens (tertiary/aromatic N) is 2. The Hall–Kier alpha value is -2.78. The van der Waals surface area contributed by atoms with Crippen molar-refractivity contribution in [1.82, 2.24) is 9.97 Å². The maximum absolute atomic E-state index is 13.0. The number of halogens is 3. The summed E-state index contributed by atoms with van der Waals surface area (Å²) in [5.74, 6) is 0.0969. The summed E-state index contributed by atoms with van der Waals surface area (Å²) in [6.45, 7) is 4.06. The van der Waals surface area contributed by atoms with Crippen LogP contribution in [-0.4, -0.2) is 27.3 Å². The van der Waals surface area contributed by atoms with Crippen LogP contribution in [0.5, 0.6) is 5.88 Å². The van der Waals surface area contributed by atoms with E-state index in [9.17, 15) is 17.7 Å². The Morgan fingerprint density at radius 2 is 1.83 bits per heavy atom. The zero-order chi connectivity index (χ0) is 25.0. The number of ether oxygens (including phenoxy) is 1. The third-order valence-corrected chi connectivity index (χ3v) is 7.17. The Kier molecular flexibility index (Phi) is 7.86. The normalized spacial score (nSPS) is 18.8. The van der Waals surface area contributed by atoms with E-state index in [4.69, 9.17) is 4.74 Å². The van der Waals surface area contributed by atoms with Gasteiger partial charge >= 0.3 is 6.18 Å². The van der Waals surface area contributed by atoms with E-state index < -0.39 is 24.0 Å². The van der Waals surface area contributed by atoms with Gasteiger partial charge in [0.25, 0.3) is 5.95 Å². The van der Waals surface area contributed by atoms with Crippen molar-refractivity contribution in [2.24, 2.45) is 5.92 Å². The van der Waals surface area contributed by atoms with Gasteiger partial charge in [-0.05, 0) is 74.3 Å². The van der Waals surface area contributed by atoms with E-state index in [-0.39, 0.29) is 30.8 Å². The van der Waals surface area contributed by atoms with Crippen LogP contribution in [0, 0.1) is 19.8 Å². The molecule has 186 valence electrons. The standard InChI is InChI=1S/C26H28F3N3O2S/c1-17-6-3-7-18(2)24(17)22-15-23-31-25(30-22)32-35(33)21-11-5-9-19(14-21)8-4-10-20(16-34-23)12-13-26(27,28)29/h3,5-7,9,11,14-15,20H,4,8,10,12-13,16H2,1-2H3,(H,30,31,32)/t20-,35?/m0/s1. The Morgan fingerprint density at radius 3 is 2.57 bits per heavy atom. The van der Waals surface area contributed by atoms with Gasteiger partial charge in [0, 0.05) is 18.1 Å². The average Bonchev–Trinajstić information content (AvgIpc) is 2.79. The van der Waals surface area contributed by atoms with Gasteiger partial charge in [-0.1, -0.05) is 30.3 Å². The number of aromatic nitrogens is 2. The Morgan fingerprint density at radius 1 is 1.09 bits per heavy atom. The van der Waals surface area contributed by atoms with Gasteiger partial charge in [-0.15, -0.1) is 0 Å². The minimum atomic E-state index is -4.21. The third kappa shape index (κ3) is 6.89. The van der Waals surface area contributed by atoms with Crippen LogP contribution in [0.3, 0.4) is 0 Å². The molecule has 2 atom stereocenters. The van der Waals surface area contributed by atoms with Crippen molar-refractivity contribution < 1.29 is 22.5 Å². The van der Waals surface area contributed by atoms with Gasteiger partial charge in [-0.2, -0.15) is 22.9 Å². The molecule has 0 fully saturated rings. The topological polar surface area (TPSA) is 70.1 Å². The molecule has 1 aromatic heterocycles. The first-order valence-corrected chi connectivity index (χ1v) is 12.8. The van der Waals surface area contributed by atoms with Crippen molar-refractivity contribution in [2.45, 2.75) is 57.0 Å². The summed E-state index contributed by atoms with van der Waals surface area (Å²) in [5.41, 5.74) is 4.50. The number of benzene rings is 2. The first-order valence-electron chi connectivity index (χ1n) is 11.6. The summed E-state index contributed by atoms with van der Waals surface area (Å²) in [6, 6.07) is 15.0. The number of fused-ring (bicyclic) bond motifs is 4. The second-order valence-electron chi connectivity index (χ2n) is 8.92. The molecule has 9 heteroatoms. The van der Waals surface area contributed by atoms with Crippen LogP contribution < -0.4 is 9.46 Å². The molecule has 5 nitrogen and oxygen atoms in total. The maximum atomic E-state index is 13.0. The molecule has 1 aliphatic rings. The summed E-state index contributed by atoms with van der Waals surface area (Å²) >= 11 is -1.59. The number of rotatable bonds is 3. The molecule has 2 aromatic carbocycles. The Bertz CT molecular complexity index is 1150. The minimum absolute atomic E-state index is 0.00644. The highest BCUT2D eigenvalue weighted by Gasteiger charge is 2.29. The number of alkyl halides is 3. The number of hydrogen-bond acceptors (Lipinski definition) is 5. The molecule has 1 N–H and O–H groups in total. The second kappa shape index (κ2) is 10.9. The molecule has 4 bridgehead atoms. The molecular weight excluding hydrogens is 475 g/mol. The number of hydrogen-bond donors (Lipinski definition) is 1. The molecule has 3 aromatic rings. The smallest absolute Gasteiger partial charge is 0.389 e. The molecule has 35 heavy (non-hydrogen) atoms. The molecule has 1 unspecified atom stereocenters. The zero-order valence-corrected chi connectivity index (χ0v) is 20.5. The van der Waals surface area contributed by atoms with Gasteiger partial charge in [0.05, 0.1) is 12.3 Å². The minimum Gasteiger partial charge on any atom is -0.588 e. The van der Waals surface area contributed by atoms with Crippen molar-refractivity contribution in [3.8, 4) is 17.1 Å². The van der Waals surface area contributed by atoms with Gasteiger partial charge in [-0.25, -0.2) is 4.98 Å². The molecule has 0 aliphatic carbocycles. The fourth-order valence-electron chi connectivity index (χ4n) is 4.33. The van der Waals surface area contributed by atoms with E-state index in [2.05, 4.69) is 14.7 Å². The van der Waals surface area contributed by atoms with Gasteiger partial charge < -0.3 is 9.29 Å². The molecule has 1 aliphatic heterocycles. The average molecular weight is 504 g/mol. The third-order valence-electron chi connectivity index (χ3n) is 6.12. The first-order chi connectivity index (χ1) is 16.7. The van der Waals surface area contributed by atoms with E-state index in [1.54, 1.807) is 12.1 Å². The summed E-state index contributed by atoms with van der Waals surface area (Å²) < 4.78 is 60.6. The number of nitrogens with one attached hydrogen (secondary N) is 1. The summed E-state index contributed by atoms with van der Waals surface area (Å²) in [5, 5.41) is 0. The fraction of sp³-hybridized carbons (Fsp3) is 0.385. The van der Waals surface area contributed by atoms with Gasteiger partial charge in [0.2, 0.25) is 5.88 Å². The highest BCUT2D eigenvalue weighted by molar-refractivity contribution is 7.92. The van der Waals surface area contributed by atoms with Crippen LogP contribution >= 0.6 is 0 Å². The van der Waals surface area contributed by atoms with Crippen LogP contribution in [-0.2, 0) is 17.8 Å². The lowest BCUT2D eigenvalue weighted by Crippen LogP contribution is -2.19. The lowest BCUT2D eigenvalue weighted by atomic mass is 9.95. The van der Waals surface area contributed by atoms with Crippen LogP contribution in [0.4, 0.5) is 19.1 Å². The highest BCUT2D eigenvalue weighted by atomic mass is 32.2. The summed E-state index contributed by atoms with van der Waals surface area (Å²) in [4.78, 5) is 9.56. The van der Waals surface area contributed by atoms with E-state index in [0.717, 1.165) is 22.3 Å². The zero-order valence-electron chi connectivity index (χ0n) is 19.7. The quantitative estimate of drug-likeness (QED) is 0.410. The molecule has 0 radical (unpaired) electrons. The van der Waals surface area contributed by atoms with Crippen molar-refractivity contribution in [2.75, 3.05) is 11.3 Å². The van der Waals surface area contributed by atoms with Gasteiger partial charge in [0.1, 0.15) is 11.4 Å². The SMILES string of the molecule is Cc1cccc(C)c1-c1cc2nc(n1)N[S+]([O-])c1cccc(c1)CCC[C@@H](CCC(F)(F)F)CO2. The van der Waals surface area contributed by atoms with E-state index in [1.165, 1.54) is 0 Å². The largest absolute Gasteiger partial charge is 0.588 e. The molecule has 0 saturated carbocycles. The maximum Gasteiger partial charge on any atom is 0.389 e. The predicted molar refractivity (Wildman–Crippen MR) is 131 cm³/mol. The van der Waals surface area contributed by atoms with Gasteiger partial charge in [-0.3, -0.25) is 0 Å². The fourth-order valence-corrected chi connectivity index (χ4v) is 5.16. The number of aryl methyl sites for hydroxylation is 3. The van der Waals surface area contributed by atoms with E-state index in [1.807, 2.05) is 50.2 Å². The van der Waals surface area contributed by atoms with Crippen LogP contribution in [0.1, 0.15) is 42.4 Å². The van der Waals surface area contributed by atoms with Crippen molar-refractivity contribution in [3.05, 3.63) is 65.2 Å². The van der Waals surface area contributed by atoms with Crippen LogP contribution in [0.15, 0.2) is 53.4 Å². The lowest BCUT2D eigenvalue weighted by Gasteiger charge is -2.20. The number of anilines is 1. The first kappa shape index (κ1) is 25.3. The molecule has 0 amide bonds. The van der Waals surface area contributed by atoms with E-state index in [0.29, 0.717) is 29.9 Å². The molecule has 0 spiro atoms. The molecular formula is C26H28F3N3O2S. The molecule has 4 rings (SSSR count). The lowest BCUT2D eigenvalue weighted by molar-refractivity contribution is -0.138. The predicted octanol–water partition coefficient (Wildman–Crippen LogP) is 6.57.